The molecule has 0 spiro atoms. The Bertz CT molecular complexity index is 1480. The van der Waals surface area contributed by atoms with Crippen LogP contribution in [0.5, 0.6) is 23.0 Å². The van der Waals surface area contributed by atoms with Gasteiger partial charge >= 0.3 is 0 Å². The minimum Gasteiger partial charge on any atom is -0.458 e. The van der Waals surface area contributed by atoms with E-state index in [1.165, 1.54) is 44.3 Å². The average molecular weight is 450 g/mol. The zero-order valence-corrected chi connectivity index (χ0v) is 19.7. The number of benzene rings is 5. The van der Waals surface area contributed by atoms with Crippen molar-refractivity contribution in [2.75, 3.05) is 0 Å². The van der Waals surface area contributed by atoms with E-state index in [0.717, 1.165) is 28.5 Å². The summed E-state index contributed by atoms with van der Waals surface area (Å²) >= 11 is 0. The van der Waals surface area contributed by atoms with E-state index in [0.29, 0.717) is 0 Å². The van der Waals surface area contributed by atoms with Gasteiger partial charge < -0.3 is 9.47 Å². The lowest BCUT2D eigenvalue weighted by atomic mass is 9.34. The fraction of sp³-hybridized carbons (Fsp3) is 0.0625. The zero-order valence-electron chi connectivity index (χ0n) is 19.7. The molecule has 166 valence electrons. The zero-order chi connectivity index (χ0) is 23.5. The Morgan fingerprint density at radius 2 is 0.886 bits per heavy atom. The van der Waals surface area contributed by atoms with Crippen molar-refractivity contribution in [3.8, 4) is 45.3 Å². The van der Waals surface area contributed by atoms with Crippen LogP contribution >= 0.6 is 0 Å². The molecule has 2 aliphatic rings. The van der Waals surface area contributed by atoms with Crippen LogP contribution in [0.25, 0.3) is 22.3 Å². The summed E-state index contributed by atoms with van der Waals surface area (Å²) in [5.74, 6) is 3.55. The first-order valence-electron chi connectivity index (χ1n) is 12.0. The Balaban J connectivity index is 1.43. The van der Waals surface area contributed by atoms with Gasteiger partial charge in [-0.25, -0.2) is 0 Å². The van der Waals surface area contributed by atoms with Gasteiger partial charge in [-0.2, -0.15) is 0 Å². The van der Waals surface area contributed by atoms with E-state index >= 15 is 0 Å². The van der Waals surface area contributed by atoms with Crippen molar-refractivity contribution in [2.45, 2.75) is 13.8 Å². The summed E-state index contributed by atoms with van der Waals surface area (Å²) in [6, 6.07) is 36.6. The summed E-state index contributed by atoms with van der Waals surface area (Å²) in [7, 11) is 0. The highest BCUT2D eigenvalue weighted by Crippen LogP contribution is 2.36. The molecule has 0 N–H and O–H groups in total. The molecule has 35 heavy (non-hydrogen) atoms. The van der Waals surface area contributed by atoms with Gasteiger partial charge in [0.2, 0.25) is 0 Å². The SMILES string of the molecule is Cc1ccc(-c2ccc3c(c2)B2c4cc(-c5ccc(C)cc5)ccc4Oc4cccc(c42)O3)cc1. The van der Waals surface area contributed by atoms with Crippen LogP contribution in [0.4, 0.5) is 0 Å². The van der Waals surface area contributed by atoms with Crippen molar-refractivity contribution in [3.63, 3.8) is 0 Å². The first-order valence-corrected chi connectivity index (χ1v) is 12.0. The summed E-state index contributed by atoms with van der Waals surface area (Å²) in [6.45, 7) is 4.28. The van der Waals surface area contributed by atoms with Gasteiger partial charge in [0.25, 0.3) is 6.71 Å². The van der Waals surface area contributed by atoms with E-state index < -0.39 is 0 Å². The van der Waals surface area contributed by atoms with Crippen LogP contribution in [-0.2, 0) is 0 Å². The van der Waals surface area contributed by atoms with Gasteiger partial charge in [0.15, 0.2) is 0 Å². The van der Waals surface area contributed by atoms with Crippen molar-refractivity contribution in [3.05, 3.63) is 114 Å². The monoisotopic (exact) mass is 450 g/mol. The van der Waals surface area contributed by atoms with Gasteiger partial charge in [0, 0.05) is 5.46 Å². The maximum Gasteiger partial charge on any atom is 0.260 e. The lowest BCUT2D eigenvalue weighted by molar-refractivity contribution is 0.464. The van der Waals surface area contributed by atoms with Crippen LogP contribution in [0, 0.1) is 13.8 Å². The smallest absolute Gasteiger partial charge is 0.260 e. The Morgan fingerprint density at radius 3 is 1.34 bits per heavy atom. The molecule has 2 nitrogen and oxygen atoms in total. The number of aryl methyl sites for hydroxylation is 2. The lowest BCUT2D eigenvalue weighted by Crippen LogP contribution is -2.57. The van der Waals surface area contributed by atoms with E-state index in [2.05, 4.69) is 98.8 Å². The summed E-state index contributed by atoms with van der Waals surface area (Å²) < 4.78 is 12.8. The minimum absolute atomic E-state index is 0.0458. The molecule has 0 saturated heterocycles. The fourth-order valence-electron chi connectivity index (χ4n) is 5.29. The van der Waals surface area contributed by atoms with Gasteiger partial charge in [-0.15, -0.1) is 0 Å². The quantitative estimate of drug-likeness (QED) is 0.285. The second-order valence-electron chi connectivity index (χ2n) is 9.54. The molecular weight excluding hydrogens is 427 g/mol. The molecule has 0 aliphatic carbocycles. The molecule has 5 aromatic carbocycles. The molecule has 0 saturated carbocycles. The Hall–Kier alpha value is -4.24. The number of ether oxygens (including phenoxy) is 2. The van der Waals surface area contributed by atoms with Crippen molar-refractivity contribution < 1.29 is 9.47 Å². The predicted octanol–water partition coefficient (Wildman–Crippen LogP) is 6.37. The maximum absolute atomic E-state index is 6.40. The van der Waals surface area contributed by atoms with Crippen LogP contribution in [-0.4, -0.2) is 6.71 Å². The third-order valence-electron chi connectivity index (χ3n) is 7.17. The molecule has 3 heteroatoms. The molecule has 0 bridgehead atoms. The fourth-order valence-corrected chi connectivity index (χ4v) is 5.29. The number of fused-ring (bicyclic) bond motifs is 4. The number of hydrogen-bond donors (Lipinski definition) is 0. The highest BCUT2D eigenvalue weighted by atomic mass is 16.5. The average Bonchev–Trinajstić information content (AvgIpc) is 2.89. The first-order chi connectivity index (χ1) is 17.1. The van der Waals surface area contributed by atoms with Crippen LogP contribution in [0.15, 0.2) is 103 Å². The molecule has 0 amide bonds. The highest BCUT2D eigenvalue weighted by Gasteiger charge is 2.40. The van der Waals surface area contributed by atoms with Crippen molar-refractivity contribution in [1.82, 2.24) is 0 Å². The van der Waals surface area contributed by atoms with Crippen LogP contribution < -0.4 is 25.9 Å². The summed E-state index contributed by atoms with van der Waals surface area (Å²) in [6.07, 6.45) is 0. The summed E-state index contributed by atoms with van der Waals surface area (Å²) in [4.78, 5) is 0. The van der Waals surface area contributed by atoms with Crippen LogP contribution in [0.1, 0.15) is 11.1 Å². The van der Waals surface area contributed by atoms with Gasteiger partial charge in [0.1, 0.15) is 23.0 Å². The van der Waals surface area contributed by atoms with E-state index in [4.69, 9.17) is 9.47 Å². The summed E-state index contributed by atoms with van der Waals surface area (Å²) in [5.41, 5.74) is 10.8. The first kappa shape index (κ1) is 20.2. The molecule has 0 fully saturated rings. The maximum atomic E-state index is 6.40. The van der Waals surface area contributed by atoms with E-state index in [9.17, 15) is 0 Å². The molecule has 5 aromatic rings. The lowest BCUT2D eigenvalue weighted by Gasteiger charge is -2.33. The standard InChI is InChI=1S/C32H23BO2/c1-20-6-10-22(11-7-20)24-14-16-28-26(18-24)33-27-19-25(23-12-8-21(2)9-13-23)15-17-29(27)35-31-5-3-4-30(34-28)32(31)33/h3-19H,1-2H3. The number of hydrogen-bond acceptors (Lipinski definition) is 2. The van der Waals surface area contributed by atoms with Crippen molar-refractivity contribution >= 4 is 23.1 Å². The van der Waals surface area contributed by atoms with Crippen LogP contribution in [0.2, 0.25) is 0 Å². The van der Waals surface area contributed by atoms with E-state index in [1.54, 1.807) is 0 Å². The molecule has 0 radical (unpaired) electrons. The van der Waals surface area contributed by atoms with E-state index in [1.807, 2.05) is 18.2 Å². The molecular formula is C32H23BO2. The largest absolute Gasteiger partial charge is 0.458 e. The van der Waals surface area contributed by atoms with Gasteiger partial charge in [-0.1, -0.05) is 90.0 Å². The molecule has 0 aromatic heterocycles. The van der Waals surface area contributed by atoms with Crippen LogP contribution in [0.3, 0.4) is 0 Å². The third-order valence-corrected chi connectivity index (χ3v) is 7.17. The van der Waals surface area contributed by atoms with Crippen molar-refractivity contribution in [1.29, 1.82) is 0 Å². The molecule has 2 heterocycles. The molecule has 0 unspecified atom stereocenters. The number of rotatable bonds is 2. The molecule has 0 atom stereocenters. The minimum atomic E-state index is 0.0458. The molecule has 7 rings (SSSR count). The second kappa shape index (κ2) is 7.64. The third kappa shape index (κ3) is 3.27. The van der Waals surface area contributed by atoms with Gasteiger partial charge in [-0.3, -0.25) is 0 Å². The topological polar surface area (TPSA) is 18.5 Å². The normalized spacial score (nSPS) is 12.7. The molecule has 2 aliphatic heterocycles. The van der Waals surface area contributed by atoms with Gasteiger partial charge in [-0.05, 0) is 71.3 Å². The second-order valence-corrected chi connectivity index (χ2v) is 9.54. The Morgan fingerprint density at radius 1 is 0.457 bits per heavy atom. The predicted molar refractivity (Wildman–Crippen MR) is 144 cm³/mol. The van der Waals surface area contributed by atoms with Gasteiger partial charge in [0.05, 0.1) is 0 Å². The summed E-state index contributed by atoms with van der Waals surface area (Å²) in [5, 5.41) is 0. The van der Waals surface area contributed by atoms with Crippen molar-refractivity contribution in [2.24, 2.45) is 0 Å². The highest BCUT2D eigenvalue weighted by molar-refractivity contribution is 6.98. The Kier molecular flexibility index (Phi) is 4.40. The van der Waals surface area contributed by atoms with E-state index in [-0.39, 0.29) is 6.71 Å². The Labute approximate surface area is 205 Å².